The van der Waals surface area contributed by atoms with E-state index in [4.69, 9.17) is 9.15 Å². The Hall–Kier alpha value is -2.64. The van der Waals surface area contributed by atoms with Crippen molar-refractivity contribution in [2.45, 2.75) is 44.8 Å². The third kappa shape index (κ3) is 6.42. The molecule has 1 aliphatic carbocycles. The second-order valence-electron chi connectivity index (χ2n) is 8.75. The highest BCUT2D eigenvalue weighted by molar-refractivity contribution is 5.77. The molecule has 1 aromatic heterocycles. The lowest BCUT2D eigenvalue weighted by Crippen LogP contribution is -3.27. The van der Waals surface area contributed by atoms with Crippen molar-refractivity contribution in [2.75, 3.05) is 32.8 Å². The highest BCUT2D eigenvalue weighted by Crippen LogP contribution is 2.17. The number of ether oxygens (including phenoxy) is 1. The molecule has 0 atom stereocenters. The number of nitrogens with one attached hydrogen (secondary N) is 3. The van der Waals surface area contributed by atoms with E-state index in [0.29, 0.717) is 12.3 Å². The van der Waals surface area contributed by atoms with Crippen LogP contribution in [-0.4, -0.2) is 44.7 Å². The summed E-state index contributed by atoms with van der Waals surface area (Å²) in [5, 5.41) is 2.95. The van der Waals surface area contributed by atoms with Gasteiger partial charge >= 0.3 is 0 Å². The normalized spacial score (nSPS) is 21.7. The topological polar surface area (TPSA) is 77.4 Å². The summed E-state index contributed by atoms with van der Waals surface area (Å²) in [4.78, 5) is 27.4. The van der Waals surface area contributed by atoms with Crippen molar-refractivity contribution in [2.24, 2.45) is 0 Å². The van der Waals surface area contributed by atoms with Crippen molar-refractivity contribution in [1.29, 1.82) is 0 Å². The van der Waals surface area contributed by atoms with Gasteiger partial charge in [0.2, 0.25) is 11.2 Å². The fourth-order valence-corrected chi connectivity index (χ4v) is 4.56. The fourth-order valence-electron chi connectivity index (χ4n) is 4.56. The van der Waals surface area contributed by atoms with Crippen LogP contribution < -0.4 is 25.3 Å². The van der Waals surface area contributed by atoms with Crippen molar-refractivity contribution in [3.63, 3.8) is 0 Å². The molecule has 7 nitrogen and oxygen atoms in total. The van der Waals surface area contributed by atoms with Gasteiger partial charge in [0, 0.05) is 17.7 Å². The van der Waals surface area contributed by atoms with Crippen molar-refractivity contribution in [1.82, 2.24) is 5.32 Å². The molecule has 1 saturated heterocycles. The van der Waals surface area contributed by atoms with Crippen LogP contribution >= 0.6 is 0 Å². The zero-order valence-corrected chi connectivity index (χ0v) is 18.0. The summed E-state index contributed by atoms with van der Waals surface area (Å²) in [7, 11) is 0. The number of carbonyl (C=O) groups is 1. The largest absolute Gasteiger partial charge is 0.477 e. The summed E-state index contributed by atoms with van der Waals surface area (Å²) < 4.78 is 11.0. The molecule has 166 valence electrons. The predicted molar refractivity (Wildman–Crippen MR) is 116 cm³/mol. The molecule has 0 spiro atoms. The number of quaternary nitrogens is 2. The van der Waals surface area contributed by atoms with E-state index in [0.717, 1.165) is 58.4 Å². The second-order valence-corrected chi connectivity index (χ2v) is 8.75. The first-order valence-electron chi connectivity index (χ1n) is 11.4. The second kappa shape index (κ2) is 10.6. The van der Waals surface area contributed by atoms with Crippen LogP contribution in [0.1, 0.15) is 37.0 Å². The van der Waals surface area contributed by atoms with Crippen LogP contribution in [0.2, 0.25) is 0 Å². The molecule has 7 heteroatoms. The van der Waals surface area contributed by atoms with Gasteiger partial charge in [0.1, 0.15) is 45.5 Å². The van der Waals surface area contributed by atoms with Gasteiger partial charge in [-0.05, 0) is 12.8 Å². The van der Waals surface area contributed by atoms with E-state index in [2.05, 4.69) is 35.6 Å². The summed E-state index contributed by atoms with van der Waals surface area (Å²) in [6.45, 7) is 5.90. The minimum atomic E-state index is -0.234. The Kier molecular flexibility index (Phi) is 7.38. The first kappa shape index (κ1) is 21.6. The van der Waals surface area contributed by atoms with Crippen LogP contribution in [0.15, 0.2) is 51.9 Å². The molecule has 1 aliphatic heterocycles. The average molecular weight is 428 g/mol. The van der Waals surface area contributed by atoms with E-state index < -0.39 is 0 Å². The van der Waals surface area contributed by atoms with E-state index in [1.807, 2.05) is 0 Å². The Balaban J connectivity index is 1.21. The van der Waals surface area contributed by atoms with Crippen molar-refractivity contribution >= 4 is 5.91 Å². The molecule has 2 aromatic rings. The van der Waals surface area contributed by atoms with Crippen LogP contribution in [0.5, 0.6) is 5.75 Å². The number of carbonyl (C=O) groups excluding carboxylic acids is 1. The van der Waals surface area contributed by atoms with Crippen LogP contribution in [0.4, 0.5) is 0 Å². The molecule has 1 saturated carbocycles. The molecule has 3 N–H and O–H groups in total. The highest BCUT2D eigenvalue weighted by Gasteiger charge is 2.24. The fraction of sp³-hybridized carbons (Fsp3) is 0.500. The SMILES string of the molecule is O=C(COc1coc(C[NH+]2CC[NH+](Cc3ccccc3)CC2)cc1=O)NC1CCCC1. The lowest BCUT2D eigenvalue weighted by atomic mass is 10.2. The third-order valence-corrected chi connectivity index (χ3v) is 6.32. The molecule has 31 heavy (non-hydrogen) atoms. The number of piperazine rings is 1. The molecule has 4 rings (SSSR count). The van der Waals surface area contributed by atoms with E-state index in [1.54, 1.807) is 4.90 Å². The van der Waals surface area contributed by atoms with Gasteiger partial charge in [-0.3, -0.25) is 9.59 Å². The first-order valence-corrected chi connectivity index (χ1v) is 11.4. The molecule has 0 radical (unpaired) electrons. The smallest absolute Gasteiger partial charge is 0.258 e. The highest BCUT2D eigenvalue weighted by atomic mass is 16.5. The van der Waals surface area contributed by atoms with E-state index in [-0.39, 0.29) is 29.7 Å². The molecule has 0 unspecified atom stereocenters. The summed E-state index contributed by atoms with van der Waals surface area (Å²) in [6, 6.07) is 12.3. The Bertz CT molecular complexity index is 901. The van der Waals surface area contributed by atoms with Gasteiger partial charge in [0.25, 0.3) is 5.91 Å². The molecular weight excluding hydrogens is 394 g/mol. The Labute approximate surface area is 183 Å². The van der Waals surface area contributed by atoms with E-state index >= 15 is 0 Å². The van der Waals surface area contributed by atoms with E-state index in [9.17, 15) is 9.59 Å². The first-order chi connectivity index (χ1) is 15.2. The minimum absolute atomic E-state index is 0.0949. The van der Waals surface area contributed by atoms with Crippen molar-refractivity contribution < 1.29 is 23.7 Å². The van der Waals surface area contributed by atoms with Gasteiger partial charge in [-0.2, -0.15) is 0 Å². The number of hydrogen-bond donors (Lipinski definition) is 3. The maximum atomic E-state index is 12.4. The zero-order chi connectivity index (χ0) is 21.5. The standard InChI is InChI=1S/C24H31N3O4/c28-22-14-21(30-17-23(22)31-18-24(29)25-20-8-4-5-9-20)16-27-12-10-26(11-13-27)15-19-6-2-1-3-7-19/h1-3,6-7,14,17,20H,4-5,8-13,15-16,18H2,(H,25,29)/p+2. The van der Waals surface area contributed by atoms with Gasteiger partial charge in [-0.15, -0.1) is 0 Å². The van der Waals surface area contributed by atoms with Gasteiger partial charge in [0.05, 0.1) is 0 Å². The van der Waals surface area contributed by atoms with Gasteiger partial charge in [0.15, 0.2) is 12.4 Å². The monoisotopic (exact) mass is 427 g/mol. The van der Waals surface area contributed by atoms with Crippen LogP contribution in [-0.2, 0) is 17.9 Å². The molecule has 2 fully saturated rings. The Morgan fingerprint density at radius 1 is 1.03 bits per heavy atom. The number of benzene rings is 1. The minimum Gasteiger partial charge on any atom is -0.477 e. The van der Waals surface area contributed by atoms with Crippen LogP contribution in [0, 0.1) is 0 Å². The number of amides is 1. The van der Waals surface area contributed by atoms with Gasteiger partial charge in [-0.25, -0.2) is 0 Å². The number of rotatable bonds is 8. The van der Waals surface area contributed by atoms with Crippen molar-refractivity contribution in [3.8, 4) is 5.75 Å². The summed E-state index contributed by atoms with van der Waals surface area (Å²) >= 11 is 0. The van der Waals surface area contributed by atoms with E-state index in [1.165, 1.54) is 22.8 Å². The van der Waals surface area contributed by atoms with Crippen LogP contribution in [0.3, 0.4) is 0 Å². The predicted octanol–water partition coefficient (Wildman–Crippen LogP) is -0.439. The lowest BCUT2D eigenvalue weighted by molar-refractivity contribution is -1.02. The quantitative estimate of drug-likeness (QED) is 0.534. The summed E-state index contributed by atoms with van der Waals surface area (Å²) in [5.41, 5.74) is 1.14. The Morgan fingerprint density at radius 3 is 2.39 bits per heavy atom. The van der Waals surface area contributed by atoms with Gasteiger partial charge < -0.3 is 24.3 Å². The molecule has 1 amide bonds. The molecular formula is C24H33N3O4+2. The molecule has 1 aromatic carbocycles. The van der Waals surface area contributed by atoms with Gasteiger partial charge in [-0.1, -0.05) is 43.2 Å². The van der Waals surface area contributed by atoms with Crippen LogP contribution in [0.25, 0.3) is 0 Å². The maximum Gasteiger partial charge on any atom is 0.258 e. The third-order valence-electron chi connectivity index (χ3n) is 6.32. The summed E-state index contributed by atoms with van der Waals surface area (Å²) in [5.74, 6) is 0.572. The lowest BCUT2D eigenvalue weighted by Gasteiger charge is -2.29. The zero-order valence-electron chi connectivity index (χ0n) is 18.0. The number of hydrogen-bond acceptors (Lipinski definition) is 4. The summed E-state index contributed by atoms with van der Waals surface area (Å²) in [6.07, 6.45) is 5.70. The Morgan fingerprint density at radius 2 is 1.71 bits per heavy atom. The molecule has 0 bridgehead atoms. The molecule has 2 aliphatic rings. The maximum absolute atomic E-state index is 12.4. The molecule has 2 heterocycles. The van der Waals surface area contributed by atoms with Crippen molar-refractivity contribution in [3.05, 3.63) is 64.2 Å². The average Bonchev–Trinajstić information content (AvgIpc) is 3.28.